The highest BCUT2D eigenvalue weighted by atomic mass is 32.2. The van der Waals surface area contributed by atoms with Crippen LogP contribution in [0.4, 0.5) is 0 Å². The second kappa shape index (κ2) is 4.99. The maximum Gasteiger partial charge on any atom is 0.214 e. The molecule has 0 amide bonds. The first-order valence-electron chi connectivity index (χ1n) is 6.15. The van der Waals surface area contributed by atoms with Gasteiger partial charge in [-0.25, -0.2) is 13.1 Å². The molecule has 0 saturated carbocycles. The Bertz CT molecular complexity index is 537. The van der Waals surface area contributed by atoms with Gasteiger partial charge in [-0.2, -0.15) is 0 Å². The lowest BCUT2D eigenvalue weighted by atomic mass is 10.1. The molecule has 1 aromatic rings. The predicted molar refractivity (Wildman–Crippen MR) is 70.8 cm³/mol. The van der Waals surface area contributed by atoms with Crippen LogP contribution in [-0.4, -0.2) is 24.8 Å². The minimum atomic E-state index is -3.21. The molecule has 18 heavy (non-hydrogen) atoms. The van der Waals surface area contributed by atoms with Crippen LogP contribution in [0.1, 0.15) is 30.5 Å². The fourth-order valence-corrected chi connectivity index (χ4v) is 3.13. The third-order valence-corrected chi connectivity index (χ3v) is 5.24. The maximum absolute atomic E-state index is 11.8. The number of hydrogen-bond acceptors (Lipinski definition) is 3. The van der Waals surface area contributed by atoms with Crippen molar-refractivity contribution in [2.45, 2.75) is 44.6 Å². The van der Waals surface area contributed by atoms with Crippen LogP contribution in [0.5, 0.6) is 0 Å². The highest BCUT2D eigenvalue weighted by Gasteiger charge is 2.27. The van der Waals surface area contributed by atoms with Crippen molar-refractivity contribution in [3.63, 3.8) is 0 Å². The van der Waals surface area contributed by atoms with Crippen molar-refractivity contribution in [2.24, 2.45) is 0 Å². The number of rotatable bonds is 4. The maximum atomic E-state index is 11.8. The van der Waals surface area contributed by atoms with Crippen LogP contribution >= 0.6 is 0 Å². The molecule has 0 heterocycles. The van der Waals surface area contributed by atoms with E-state index in [1.54, 1.807) is 13.8 Å². The monoisotopic (exact) mass is 269 g/mol. The largest absolute Gasteiger partial charge is 0.392 e. The molecule has 0 fully saturated rings. The summed E-state index contributed by atoms with van der Waals surface area (Å²) in [7, 11) is -3.21. The molecule has 0 bridgehead atoms. The first-order chi connectivity index (χ1) is 8.42. The molecule has 0 radical (unpaired) electrons. The van der Waals surface area contributed by atoms with E-state index in [4.69, 9.17) is 5.11 Å². The van der Waals surface area contributed by atoms with Gasteiger partial charge in [0, 0.05) is 6.04 Å². The fraction of sp³-hybridized carbons (Fsp3) is 0.538. The molecule has 1 aromatic carbocycles. The highest BCUT2D eigenvalue weighted by Crippen LogP contribution is 2.24. The molecule has 0 aliphatic heterocycles. The molecule has 0 spiro atoms. The van der Waals surface area contributed by atoms with Gasteiger partial charge < -0.3 is 5.11 Å². The number of aliphatic hydroxyl groups is 1. The molecular weight excluding hydrogens is 250 g/mol. The SMILES string of the molecule is CC(C)S(=O)(=O)N[C@@H]1Cc2ccc(CO)cc2C1. The van der Waals surface area contributed by atoms with Gasteiger partial charge in [0.15, 0.2) is 0 Å². The van der Waals surface area contributed by atoms with Crippen LogP contribution in [0.3, 0.4) is 0 Å². The van der Waals surface area contributed by atoms with Gasteiger partial charge in [0.25, 0.3) is 0 Å². The molecule has 4 nitrogen and oxygen atoms in total. The van der Waals surface area contributed by atoms with Gasteiger partial charge in [0.1, 0.15) is 0 Å². The van der Waals surface area contributed by atoms with E-state index >= 15 is 0 Å². The van der Waals surface area contributed by atoms with E-state index in [1.807, 2.05) is 18.2 Å². The van der Waals surface area contributed by atoms with E-state index in [9.17, 15) is 8.42 Å². The molecule has 5 heteroatoms. The normalized spacial score (nSPS) is 19.2. The minimum Gasteiger partial charge on any atom is -0.392 e. The number of fused-ring (bicyclic) bond motifs is 1. The Hall–Kier alpha value is -0.910. The van der Waals surface area contributed by atoms with E-state index in [0.717, 1.165) is 17.5 Å². The highest BCUT2D eigenvalue weighted by molar-refractivity contribution is 7.90. The fourth-order valence-electron chi connectivity index (χ4n) is 2.22. The van der Waals surface area contributed by atoms with Gasteiger partial charge in [-0.05, 0) is 43.4 Å². The van der Waals surface area contributed by atoms with Gasteiger partial charge >= 0.3 is 0 Å². The molecular formula is C13H19NO3S. The summed E-state index contributed by atoms with van der Waals surface area (Å²) in [6.07, 6.45) is 1.43. The average molecular weight is 269 g/mol. The Labute approximate surface area is 108 Å². The van der Waals surface area contributed by atoms with Crippen molar-refractivity contribution in [3.05, 3.63) is 34.9 Å². The number of aliphatic hydroxyl groups excluding tert-OH is 1. The standard InChI is InChI=1S/C13H19NO3S/c1-9(2)18(16,17)14-13-6-11-4-3-10(8-15)5-12(11)7-13/h3-5,9,13-15H,6-8H2,1-2H3/t13-/m1/s1. The number of hydrogen-bond donors (Lipinski definition) is 2. The van der Waals surface area contributed by atoms with E-state index in [2.05, 4.69) is 4.72 Å². The zero-order valence-electron chi connectivity index (χ0n) is 10.7. The third kappa shape index (κ3) is 2.74. The van der Waals surface area contributed by atoms with Crippen LogP contribution < -0.4 is 4.72 Å². The van der Waals surface area contributed by atoms with Crippen LogP contribution in [0, 0.1) is 0 Å². The summed E-state index contributed by atoms with van der Waals surface area (Å²) in [6.45, 7) is 3.37. The summed E-state index contributed by atoms with van der Waals surface area (Å²) >= 11 is 0. The molecule has 100 valence electrons. The zero-order valence-corrected chi connectivity index (χ0v) is 11.5. The molecule has 0 aromatic heterocycles. The Kier molecular flexibility index (Phi) is 3.75. The third-order valence-electron chi connectivity index (χ3n) is 3.34. The van der Waals surface area contributed by atoms with Crippen molar-refractivity contribution in [2.75, 3.05) is 0 Å². The summed E-state index contributed by atoms with van der Waals surface area (Å²) in [5.41, 5.74) is 3.18. The van der Waals surface area contributed by atoms with Crippen molar-refractivity contribution >= 4 is 10.0 Å². The topological polar surface area (TPSA) is 66.4 Å². The van der Waals surface area contributed by atoms with Gasteiger partial charge in [-0.1, -0.05) is 18.2 Å². The van der Waals surface area contributed by atoms with Gasteiger partial charge in [0.05, 0.1) is 11.9 Å². The molecule has 1 atom stereocenters. The number of nitrogens with one attached hydrogen (secondary N) is 1. The quantitative estimate of drug-likeness (QED) is 0.856. The molecule has 0 unspecified atom stereocenters. The lowest BCUT2D eigenvalue weighted by molar-refractivity contribution is 0.281. The smallest absolute Gasteiger partial charge is 0.214 e. The van der Waals surface area contributed by atoms with Gasteiger partial charge in [-0.3, -0.25) is 0 Å². The lowest BCUT2D eigenvalue weighted by Gasteiger charge is -2.14. The second-order valence-electron chi connectivity index (χ2n) is 5.08. The van der Waals surface area contributed by atoms with Gasteiger partial charge in [-0.15, -0.1) is 0 Å². The predicted octanol–water partition coefficient (Wildman–Crippen LogP) is 0.974. The second-order valence-corrected chi connectivity index (χ2v) is 7.35. The summed E-state index contributed by atoms with van der Waals surface area (Å²) in [4.78, 5) is 0. The van der Waals surface area contributed by atoms with Crippen LogP contribution in [0.15, 0.2) is 18.2 Å². The number of sulfonamides is 1. The molecule has 1 aliphatic carbocycles. The summed E-state index contributed by atoms with van der Waals surface area (Å²) in [5.74, 6) is 0. The lowest BCUT2D eigenvalue weighted by Crippen LogP contribution is -2.39. The van der Waals surface area contributed by atoms with Crippen molar-refractivity contribution in [1.29, 1.82) is 0 Å². The summed E-state index contributed by atoms with van der Waals surface area (Å²) < 4.78 is 26.4. The summed E-state index contributed by atoms with van der Waals surface area (Å²) in [5, 5.41) is 8.67. The van der Waals surface area contributed by atoms with Crippen LogP contribution in [0.2, 0.25) is 0 Å². The molecule has 2 N–H and O–H groups in total. The van der Waals surface area contributed by atoms with Crippen molar-refractivity contribution in [3.8, 4) is 0 Å². The molecule has 1 aliphatic rings. The number of benzene rings is 1. The van der Waals surface area contributed by atoms with Crippen LogP contribution in [0.25, 0.3) is 0 Å². The Morgan fingerprint density at radius 1 is 1.33 bits per heavy atom. The minimum absolute atomic E-state index is 0.0235. The van der Waals surface area contributed by atoms with E-state index in [0.29, 0.717) is 6.42 Å². The first-order valence-corrected chi connectivity index (χ1v) is 7.69. The van der Waals surface area contributed by atoms with E-state index < -0.39 is 15.3 Å². The Morgan fingerprint density at radius 2 is 2.00 bits per heavy atom. The molecule has 2 rings (SSSR count). The van der Waals surface area contributed by atoms with Crippen molar-refractivity contribution in [1.82, 2.24) is 4.72 Å². The summed E-state index contributed by atoms with van der Waals surface area (Å²) in [6, 6.07) is 5.77. The molecule has 0 saturated heterocycles. The van der Waals surface area contributed by atoms with Crippen molar-refractivity contribution < 1.29 is 13.5 Å². The zero-order chi connectivity index (χ0) is 13.3. The van der Waals surface area contributed by atoms with E-state index in [1.165, 1.54) is 5.56 Å². The average Bonchev–Trinajstić information content (AvgIpc) is 2.68. The Balaban J connectivity index is 2.11. The van der Waals surface area contributed by atoms with Gasteiger partial charge in [0.2, 0.25) is 10.0 Å². The van der Waals surface area contributed by atoms with E-state index in [-0.39, 0.29) is 12.6 Å². The first kappa shape index (κ1) is 13.5. The van der Waals surface area contributed by atoms with Crippen LogP contribution in [-0.2, 0) is 29.5 Å². The Morgan fingerprint density at radius 3 is 2.61 bits per heavy atom.